The highest BCUT2D eigenvalue weighted by atomic mass is 14.9. The average molecular weight is 276 g/mol. The number of hydrogen-bond acceptors (Lipinski definition) is 2. The molecule has 114 valence electrons. The lowest BCUT2D eigenvalue weighted by Crippen LogP contribution is -2.31. The monoisotopic (exact) mass is 276 g/mol. The van der Waals surface area contributed by atoms with Crippen LogP contribution in [0.2, 0.25) is 0 Å². The maximum Gasteiger partial charge on any atom is 0.0541 e. The van der Waals surface area contributed by atoms with Crippen LogP contribution >= 0.6 is 0 Å². The van der Waals surface area contributed by atoms with E-state index in [1.165, 1.54) is 32.1 Å². The van der Waals surface area contributed by atoms with Gasteiger partial charge in [-0.25, -0.2) is 0 Å². The first-order valence-electron chi connectivity index (χ1n) is 8.14. The minimum absolute atomic E-state index is 0.378. The Labute approximate surface area is 125 Å². The minimum atomic E-state index is 0.378. The lowest BCUT2D eigenvalue weighted by atomic mass is 9.77. The summed E-state index contributed by atoms with van der Waals surface area (Å²) in [5.74, 6) is 0.739. The summed E-state index contributed by atoms with van der Waals surface area (Å²) >= 11 is 0. The van der Waals surface area contributed by atoms with Crippen LogP contribution in [0, 0.1) is 11.3 Å². The Hall–Kier alpha value is -0.890. The van der Waals surface area contributed by atoms with Crippen molar-refractivity contribution in [1.29, 1.82) is 0 Å². The molecule has 2 nitrogen and oxygen atoms in total. The fraction of sp³-hybridized carbons (Fsp3) is 0.722. The SMILES string of the molecule is CCCCCCC(CNCc1ccccn1)C(C)(C)C. The fourth-order valence-electron chi connectivity index (χ4n) is 2.54. The molecule has 0 aromatic carbocycles. The summed E-state index contributed by atoms with van der Waals surface area (Å²) in [6, 6.07) is 6.10. The molecule has 0 radical (unpaired) electrons. The highest BCUT2D eigenvalue weighted by molar-refractivity contribution is 5.02. The Morgan fingerprint density at radius 2 is 1.95 bits per heavy atom. The number of nitrogens with zero attached hydrogens (tertiary/aromatic N) is 1. The van der Waals surface area contributed by atoms with Crippen molar-refractivity contribution in [3.05, 3.63) is 30.1 Å². The van der Waals surface area contributed by atoms with E-state index in [4.69, 9.17) is 0 Å². The maximum absolute atomic E-state index is 4.36. The largest absolute Gasteiger partial charge is 0.311 e. The third-order valence-corrected chi connectivity index (χ3v) is 4.05. The van der Waals surface area contributed by atoms with E-state index in [0.29, 0.717) is 5.41 Å². The van der Waals surface area contributed by atoms with E-state index in [1.54, 1.807) is 0 Å². The Bertz CT molecular complexity index is 340. The molecule has 0 spiro atoms. The van der Waals surface area contributed by atoms with Gasteiger partial charge in [-0.1, -0.05) is 59.4 Å². The normalized spacial score (nSPS) is 13.4. The van der Waals surface area contributed by atoms with Gasteiger partial charge in [0.1, 0.15) is 0 Å². The summed E-state index contributed by atoms with van der Waals surface area (Å²) in [5, 5.41) is 3.59. The van der Waals surface area contributed by atoms with Crippen LogP contribution in [0.25, 0.3) is 0 Å². The van der Waals surface area contributed by atoms with Crippen LogP contribution in [-0.2, 0) is 6.54 Å². The fourth-order valence-corrected chi connectivity index (χ4v) is 2.54. The van der Waals surface area contributed by atoms with Crippen molar-refractivity contribution >= 4 is 0 Å². The second kappa shape index (κ2) is 9.12. The van der Waals surface area contributed by atoms with Crippen LogP contribution in [0.4, 0.5) is 0 Å². The zero-order valence-corrected chi connectivity index (χ0v) is 13.8. The minimum Gasteiger partial charge on any atom is -0.311 e. The molecule has 0 aliphatic heterocycles. The third kappa shape index (κ3) is 7.04. The van der Waals surface area contributed by atoms with Crippen molar-refractivity contribution in [2.24, 2.45) is 11.3 Å². The number of hydrogen-bond donors (Lipinski definition) is 1. The highest BCUT2D eigenvalue weighted by Gasteiger charge is 2.23. The van der Waals surface area contributed by atoms with Crippen molar-refractivity contribution in [3.63, 3.8) is 0 Å². The zero-order valence-electron chi connectivity index (χ0n) is 13.8. The molecule has 1 N–H and O–H groups in total. The van der Waals surface area contributed by atoms with Gasteiger partial charge in [0.25, 0.3) is 0 Å². The Morgan fingerprint density at radius 1 is 1.15 bits per heavy atom. The summed E-state index contributed by atoms with van der Waals surface area (Å²) in [7, 11) is 0. The van der Waals surface area contributed by atoms with Gasteiger partial charge in [0, 0.05) is 12.7 Å². The molecule has 0 fully saturated rings. The summed E-state index contributed by atoms with van der Waals surface area (Å²) in [4.78, 5) is 4.36. The van der Waals surface area contributed by atoms with E-state index in [2.05, 4.69) is 50.1 Å². The standard InChI is InChI=1S/C18H32N2/c1-5-6-7-8-11-16(18(2,3)4)14-19-15-17-12-9-10-13-20-17/h9-10,12-13,16,19H,5-8,11,14-15H2,1-4H3. The molecule has 1 rings (SSSR count). The van der Waals surface area contributed by atoms with Gasteiger partial charge < -0.3 is 5.32 Å². The van der Waals surface area contributed by atoms with Gasteiger partial charge in [-0.2, -0.15) is 0 Å². The topological polar surface area (TPSA) is 24.9 Å². The van der Waals surface area contributed by atoms with E-state index in [-0.39, 0.29) is 0 Å². The molecule has 1 aromatic rings. The van der Waals surface area contributed by atoms with E-state index < -0.39 is 0 Å². The third-order valence-electron chi connectivity index (χ3n) is 4.05. The predicted octanol–water partition coefficient (Wildman–Crippen LogP) is 4.80. The van der Waals surface area contributed by atoms with Gasteiger partial charge in [0.15, 0.2) is 0 Å². The van der Waals surface area contributed by atoms with Crippen LogP contribution in [0.15, 0.2) is 24.4 Å². The number of nitrogens with one attached hydrogen (secondary N) is 1. The number of pyridine rings is 1. The summed E-state index contributed by atoms with van der Waals surface area (Å²) in [6.45, 7) is 11.3. The molecule has 1 unspecified atom stereocenters. The van der Waals surface area contributed by atoms with E-state index >= 15 is 0 Å². The average Bonchev–Trinajstić information content (AvgIpc) is 2.41. The van der Waals surface area contributed by atoms with Crippen molar-refractivity contribution in [2.45, 2.75) is 66.3 Å². The maximum atomic E-state index is 4.36. The molecule has 1 heterocycles. The van der Waals surface area contributed by atoms with E-state index in [0.717, 1.165) is 24.7 Å². The summed E-state index contributed by atoms with van der Waals surface area (Å²) in [5.41, 5.74) is 1.51. The zero-order chi connectivity index (χ0) is 14.8. The first-order chi connectivity index (χ1) is 9.54. The molecule has 0 saturated carbocycles. The molecule has 0 aliphatic carbocycles. The Kier molecular flexibility index (Phi) is 7.83. The molecule has 1 atom stereocenters. The van der Waals surface area contributed by atoms with Crippen LogP contribution in [0.1, 0.15) is 65.5 Å². The first-order valence-corrected chi connectivity index (χ1v) is 8.14. The van der Waals surface area contributed by atoms with Crippen molar-refractivity contribution in [3.8, 4) is 0 Å². The van der Waals surface area contributed by atoms with Crippen molar-refractivity contribution in [1.82, 2.24) is 10.3 Å². The number of aromatic nitrogens is 1. The van der Waals surface area contributed by atoms with Crippen LogP contribution < -0.4 is 5.32 Å². The second-order valence-corrected chi connectivity index (χ2v) is 6.86. The van der Waals surface area contributed by atoms with Gasteiger partial charge in [-0.15, -0.1) is 0 Å². The molecule has 2 heteroatoms. The van der Waals surface area contributed by atoms with E-state index in [9.17, 15) is 0 Å². The second-order valence-electron chi connectivity index (χ2n) is 6.86. The van der Waals surface area contributed by atoms with Gasteiger partial charge in [-0.05, 0) is 36.4 Å². The van der Waals surface area contributed by atoms with Crippen LogP contribution in [0.3, 0.4) is 0 Å². The predicted molar refractivity (Wildman–Crippen MR) is 87.6 cm³/mol. The Balaban J connectivity index is 2.33. The molecular weight excluding hydrogens is 244 g/mol. The smallest absolute Gasteiger partial charge is 0.0541 e. The first kappa shape index (κ1) is 17.2. The number of rotatable bonds is 9. The highest BCUT2D eigenvalue weighted by Crippen LogP contribution is 2.30. The quantitative estimate of drug-likeness (QED) is 0.655. The molecule has 20 heavy (non-hydrogen) atoms. The molecule has 0 amide bonds. The van der Waals surface area contributed by atoms with Gasteiger partial charge >= 0.3 is 0 Å². The molecule has 0 aliphatic rings. The molecule has 0 bridgehead atoms. The Morgan fingerprint density at radius 3 is 2.55 bits per heavy atom. The van der Waals surface area contributed by atoms with Crippen molar-refractivity contribution < 1.29 is 0 Å². The van der Waals surface area contributed by atoms with Gasteiger partial charge in [-0.3, -0.25) is 4.98 Å². The number of unbranched alkanes of at least 4 members (excludes halogenated alkanes) is 3. The molecular formula is C18H32N2. The van der Waals surface area contributed by atoms with Crippen molar-refractivity contribution in [2.75, 3.05) is 6.54 Å². The lowest BCUT2D eigenvalue weighted by Gasteiger charge is -2.31. The van der Waals surface area contributed by atoms with Crippen LogP contribution in [0.5, 0.6) is 0 Å². The summed E-state index contributed by atoms with van der Waals surface area (Å²) < 4.78 is 0. The van der Waals surface area contributed by atoms with E-state index in [1.807, 2.05) is 12.3 Å². The lowest BCUT2D eigenvalue weighted by molar-refractivity contribution is 0.212. The summed E-state index contributed by atoms with van der Waals surface area (Å²) in [6.07, 6.45) is 8.63. The van der Waals surface area contributed by atoms with Gasteiger partial charge in [0.05, 0.1) is 5.69 Å². The van der Waals surface area contributed by atoms with Crippen LogP contribution in [-0.4, -0.2) is 11.5 Å². The molecule has 1 aromatic heterocycles. The molecule has 0 saturated heterocycles. The van der Waals surface area contributed by atoms with Gasteiger partial charge in [0.2, 0.25) is 0 Å².